The molecule has 2 amide bonds. The summed E-state index contributed by atoms with van der Waals surface area (Å²) in [7, 11) is 1.59. The SMILES string of the molecule is COCCNC(=O)CC1NCCN(CC2CCC2)C1=O.Cl. The highest BCUT2D eigenvalue weighted by atomic mass is 35.5. The van der Waals surface area contributed by atoms with Crippen LogP contribution in [-0.2, 0) is 14.3 Å². The summed E-state index contributed by atoms with van der Waals surface area (Å²) < 4.78 is 4.88. The van der Waals surface area contributed by atoms with Gasteiger partial charge in [-0.05, 0) is 18.8 Å². The number of hydrogen-bond donors (Lipinski definition) is 2. The first kappa shape index (κ1) is 18.2. The van der Waals surface area contributed by atoms with Gasteiger partial charge in [0.05, 0.1) is 19.1 Å². The van der Waals surface area contributed by atoms with E-state index in [1.54, 1.807) is 7.11 Å². The predicted molar refractivity (Wildman–Crippen MR) is 82.5 cm³/mol. The number of hydrogen-bond acceptors (Lipinski definition) is 4. The van der Waals surface area contributed by atoms with E-state index in [1.807, 2.05) is 4.90 Å². The third kappa shape index (κ3) is 5.45. The highest BCUT2D eigenvalue weighted by molar-refractivity contribution is 5.88. The number of piperazine rings is 1. The van der Waals surface area contributed by atoms with E-state index in [1.165, 1.54) is 19.3 Å². The summed E-state index contributed by atoms with van der Waals surface area (Å²) in [5.41, 5.74) is 0. The van der Waals surface area contributed by atoms with Crippen LogP contribution in [-0.4, -0.2) is 62.7 Å². The minimum atomic E-state index is -0.369. The molecule has 0 aromatic carbocycles. The molecule has 122 valence electrons. The molecule has 1 unspecified atom stereocenters. The minimum absolute atomic E-state index is 0. The number of rotatable bonds is 7. The van der Waals surface area contributed by atoms with Gasteiger partial charge in [0.25, 0.3) is 0 Å². The molecule has 2 fully saturated rings. The maximum atomic E-state index is 12.3. The topological polar surface area (TPSA) is 70.7 Å². The third-order valence-corrected chi connectivity index (χ3v) is 4.10. The van der Waals surface area contributed by atoms with Crippen molar-refractivity contribution in [3.05, 3.63) is 0 Å². The molecule has 1 aliphatic heterocycles. The highest BCUT2D eigenvalue weighted by Crippen LogP contribution is 2.27. The molecule has 0 spiro atoms. The van der Waals surface area contributed by atoms with Gasteiger partial charge in [0, 0.05) is 33.3 Å². The zero-order chi connectivity index (χ0) is 14.4. The van der Waals surface area contributed by atoms with E-state index in [0.29, 0.717) is 19.1 Å². The first-order valence-electron chi connectivity index (χ1n) is 7.48. The van der Waals surface area contributed by atoms with Crippen LogP contribution in [0.5, 0.6) is 0 Å². The van der Waals surface area contributed by atoms with Crippen LogP contribution >= 0.6 is 12.4 Å². The number of nitrogens with one attached hydrogen (secondary N) is 2. The molecule has 1 heterocycles. The van der Waals surface area contributed by atoms with E-state index in [0.717, 1.165) is 19.6 Å². The smallest absolute Gasteiger partial charge is 0.240 e. The van der Waals surface area contributed by atoms with Gasteiger partial charge in [-0.1, -0.05) is 6.42 Å². The molecule has 1 aliphatic carbocycles. The zero-order valence-electron chi connectivity index (χ0n) is 12.6. The van der Waals surface area contributed by atoms with Crippen LogP contribution in [0, 0.1) is 5.92 Å². The summed E-state index contributed by atoms with van der Waals surface area (Å²) in [4.78, 5) is 26.0. The Morgan fingerprint density at radius 2 is 2.24 bits per heavy atom. The van der Waals surface area contributed by atoms with Crippen molar-refractivity contribution in [2.24, 2.45) is 5.92 Å². The first-order valence-corrected chi connectivity index (χ1v) is 7.48. The van der Waals surface area contributed by atoms with Crippen molar-refractivity contribution in [1.82, 2.24) is 15.5 Å². The average molecular weight is 320 g/mol. The molecule has 2 aliphatic rings. The van der Waals surface area contributed by atoms with Crippen molar-refractivity contribution in [2.45, 2.75) is 31.7 Å². The lowest BCUT2D eigenvalue weighted by atomic mass is 9.85. The third-order valence-electron chi connectivity index (χ3n) is 4.10. The number of halogens is 1. The second kappa shape index (κ2) is 9.23. The highest BCUT2D eigenvalue weighted by Gasteiger charge is 2.32. The van der Waals surface area contributed by atoms with Crippen LogP contribution in [0.15, 0.2) is 0 Å². The van der Waals surface area contributed by atoms with E-state index in [-0.39, 0.29) is 36.7 Å². The van der Waals surface area contributed by atoms with Gasteiger partial charge in [-0.3, -0.25) is 9.59 Å². The predicted octanol–water partition coefficient (Wildman–Crippen LogP) is 0.161. The quantitative estimate of drug-likeness (QED) is 0.656. The number of carbonyl (C=O) groups is 2. The van der Waals surface area contributed by atoms with Gasteiger partial charge in [-0.25, -0.2) is 0 Å². The molecule has 1 saturated heterocycles. The van der Waals surface area contributed by atoms with Crippen LogP contribution in [0.3, 0.4) is 0 Å². The standard InChI is InChI=1S/C14H25N3O3.ClH/c1-20-8-6-16-13(18)9-12-14(19)17(7-5-15-12)10-11-3-2-4-11;/h11-12,15H,2-10H2,1H3,(H,16,18);1H. The van der Waals surface area contributed by atoms with E-state index in [2.05, 4.69) is 10.6 Å². The molecular weight excluding hydrogens is 294 g/mol. The second-order valence-electron chi connectivity index (χ2n) is 5.63. The van der Waals surface area contributed by atoms with E-state index in [4.69, 9.17) is 4.74 Å². The van der Waals surface area contributed by atoms with Crippen molar-refractivity contribution >= 4 is 24.2 Å². The summed E-state index contributed by atoms with van der Waals surface area (Å²) in [6, 6.07) is -0.369. The number of nitrogens with zero attached hydrogens (tertiary/aromatic N) is 1. The van der Waals surface area contributed by atoms with Crippen molar-refractivity contribution < 1.29 is 14.3 Å². The molecule has 0 radical (unpaired) electrons. The fourth-order valence-corrected chi connectivity index (χ4v) is 2.67. The van der Waals surface area contributed by atoms with Gasteiger partial charge in [0.15, 0.2) is 0 Å². The van der Waals surface area contributed by atoms with Gasteiger partial charge >= 0.3 is 0 Å². The van der Waals surface area contributed by atoms with E-state index in [9.17, 15) is 9.59 Å². The maximum Gasteiger partial charge on any atom is 0.240 e. The fourth-order valence-electron chi connectivity index (χ4n) is 2.67. The number of carbonyl (C=O) groups excluding carboxylic acids is 2. The molecule has 6 nitrogen and oxygen atoms in total. The lowest BCUT2D eigenvalue weighted by Crippen LogP contribution is -2.57. The molecule has 0 aromatic heterocycles. The Morgan fingerprint density at radius 1 is 1.48 bits per heavy atom. The monoisotopic (exact) mass is 319 g/mol. The van der Waals surface area contributed by atoms with Crippen molar-refractivity contribution in [1.29, 1.82) is 0 Å². The Balaban J connectivity index is 0.00000220. The summed E-state index contributed by atoms with van der Waals surface area (Å²) in [6.07, 6.45) is 3.97. The van der Waals surface area contributed by atoms with Gasteiger partial charge in [0.1, 0.15) is 0 Å². The summed E-state index contributed by atoms with van der Waals surface area (Å²) in [5, 5.41) is 5.90. The first-order chi connectivity index (χ1) is 9.70. The van der Waals surface area contributed by atoms with Gasteiger partial charge < -0.3 is 20.3 Å². The van der Waals surface area contributed by atoms with E-state index >= 15 is 0 Å². The van der Waals surface area contributed by atoms with Gasteiger partial charge in [0.2, 0.25) is 11.8 Å². The molecule has 0 bridgehead atoms. The summed E-state index contributed by atoms with van der Waals surface area (Å²) in [5.74, 6) is 0.650. The number of methoxy groups -OCH3 is 1. The fraction of sp³-hybridized carbons (Fsp3) is 0.857. The van der Waals surface area contributed by atoms with Crippen LogP contribution in [0.1, 0.15) is 25.7 Å². The molecule has 21 heavy (non-hydrogen) atoms. The Kier molecular flexibility index (Phi) is 8.00. The zero-order valence-corrected chi connectivity index (χ0v) is 13.4. The molecule has 1 atom stereocenters. The average Bonchev–Trinajstić information content (AvgIpc) is 2.38. The van der Waals surface area contributed by atoms with Crippen LogP contribution in [0.2, 0.25) is 0 Å². The van der Waals surface area contributed by atoms with Crippen LogP contribution < -0.4 is 10.6 Å². The number of amides is 2. The van der Waals surface area contributed by atoms with Crippen LogP contribution in [0.25, 0.3) is 0 Å². The van der Waals surface area contributed by atoms with Crippen LogP contribution in [0.4, 0.5) is 0 Å². The Bertz CT molecular complexity index is 350. The minimum Gasteiger partial charge on any atom is -0.383 e. The van der Waals surface area contributed by atoms with E-state index < -0.39 is 0 Å². The maximum absolute atomic E-state index is 12.3. The van der Waals surface area contributed by atoms with Crippen molar-refractivity contribution in [2.75, 3.05) is 39.9 Å². The van der Waals surface area contributed by atoms with Crippen molar-refractivity contribution in [3.8, 4) is 0 Å². The Morgan fingerprint density at radius 3 is 2.86 bits per heavy atom. The van der Waals surface area contributed by atoms with Gasteiger partial charge in [-0.15, -0.1) is 12.4 Å². The second-order valence-corrected chi connectivity index (χ2v) is 5.63. The van der Waals surface area contributed by atoms with Crippen molar-refractivity contribution in [3.63, 3.8) is 0 Å². The normalized spacial score (nSPS) is 22.4. The molecule has 7 heteroatoms. The lowest BCUT2D eigenvalue weighted by molar-refractivity contribution is -0.139. The Hall–Kier alpha value is -0.850. The molecule has 1 saturated carbocycles. The molecular formula is C14H26ClN3O3. The Labute approximate surface area is 132 Å². The summed E-state index contributed by atoms with van der Waals surface area (Å²) >= 11 is 0. The molecule has 0 aromatic rings. The van der Waals surface area contributed by atoms with Gasteiger partial charge in [-0.2, -0.15) is 0 Å². The largest absolute Gasteiger partial charge is 0.383 e. The molecule has 2 N–H and O–H groups in total. The number of ether oxygens (including phenoxy) is 1. The summed E-state index contributed by atoms with van der Waals surface area (Å²) in [6.45, 7) is 3.38. The lowest BCUT2D eigenvalue weighted by Gasteiger charge is -2.37. The molecule has 2 rings (SSSR count).